The third kappa shape index (κ3) is 7.36. The number of rotatable bonds is 10. The quantitative estimate of drug-likeness (QED) is 0.406. The third-order valence-corrected chi connectivity index (χ3v) is 11.8. The second-order valence-electron chi connectivity index (χ2n) is 11.6. The summed E-state index contributed by atoms with van der Waals surface area (Å²) in [4.78, 5) is 0. The van der Waals surface area contributed by atoms with Gasteiger partial charge >= 0.3 is 10.2 Å². The van der Waals surface area contributed by atoms with Gasteiger partial charge in [-0.15, -0.1) is 0 Å². The average Bonchev–Trinajstić information content (AvgIpc) is 3.09. The Bertz CT molecular complexity index is 1410. The van der Waals surface area contributed by atoms with Crippen molar-refractivity contribution < 1.29 is 26.7 Å². The number of ether oxygens (including phenoxy) is 1. The summed E-state index contributed by atoms with van der Waals surface area (Å²) >= 11 is 0. The van der Waals surface area contributed by atoms with Crippen LogP contribution in [0.2, 0.25) is 25.7 Å². The molecule has 0 aromatic heterocycles. The van der Waals surface area contributed by atoms with Crippen molar-refractivity contribution in [2.45, 2.75) is 51.6 Å². The van der Waals surface area contributed by atoms with Crippen molar-refractivity contribution in [3.8, 4) is 5.75 Å². The number of benzene rings is 2. The summed E-state index contributed by atoms with van der Waals surface area (Å²) in [5, 5.41) is 10.6. The number of aliphatic hydroxyl groups is 1. The first-order valence-corrected chi connectivity index (χ1v) is 20.2. The van der Waals surface area contributed by atoms with Crippen LogP contribution in [0, 0.1) is 5.92 Å². The van der Waals surface area contributed by atoms with Gasteiger partial charge in [-0.2, -0.15) is 8.42 Å². The van der Waals surface area contributed by atoms with E-state index in [1.54, 1.807) is 6.07 Å². The Balaban J connectivity index is 1.62. The van der Waals surface area contributed by atoms with Gasteiger partial charge < -0.3 is 9.84 Å². The van der Waals surface area contributed by atoms with Crippen molar-refractivity contribution >= 4 is 34.0 Å². The van der Waals surface area contributed by atoms with E-state index in [0.717, 1.165) is 32.6 Å². The fraction of sp³-hybridized carbons (Fsp3) is 0.481. The molecule has 0 radical (unpaired) electrons. The molecule has 2 aromatic rings. The number of hydrogen-bond acceptors (Lipinski definition) is 6. The minimum Gasteiger partial charge on any atom is -0.493 e. The van der Waals surface area contributed by atoms with E-state index in [4.69, 9.17) is 4.74 Å². The highest BCUT2D eigenvalue weighted by atomic mass is 32.2. The van der Waals surface area contributed by atoms with Gasteiger partial charge in [0.05, 0.1) is 12.5 Å². The summed E-state index contributed by atoms with van der Waals surface area (Å²) < 4.78 is 61.1. The van der Waals surface area contributed by atoms with Gasteiger partial charge in [-0.3, -0.25) is 0 Å². The van der Waals surface area contributed by atoms with E-state index in [-0.39, 0.29) is 25.0 Å². The summed E-state index contributed by atoms with van der Waals surface area (Å²) in [6.07, 6.45) is 4.83. The normalized spacial score (nSPS) is 20.2. The molecule has 0 aliphatic carbocycles. The molecule has 2 heterocycles. The Hall–Kier alpha value is -2.54. The lowest BCUT2D eigenvalue weighted by atomic mass is 9.92. The molecule has 4 rings (SSSR count). The molecule has 0 saturated carbocycles. The Labute approximate surface area is 233 Å². The maximum Gasteiger partial charge on any atom is 0.332 e. The van der Waals surface area contributed by atoms with Crippen LogP contribution in [0.25, 0.3) is 0 Å². The van der Waals surface area contributed by atoms with Gasteiger partial charge in [-0.1, -0.05) is 56.0 Å². The van der Waals surface area contributed by atoms with E-state index in [0.29, 0.717) is 37.0 Å². The van der Waals surface area contributed by atoms with E-state index >= 15 is 0 Å². The van der Waals surface area contributed by atoms with Gasteiger partial charge in [0.2, 0.25) is 15.9 Å². The number of sulfonamides is 1. The molecule has 214 valence electrons. The molecular weight excluding hydrogens is 555 g/mol. The summed E-state index contributed by atoms with van der Waals surface area (Å²) in [7, 11) is -8.83. The predicted molar refractivity (Wildman–Crippen MR) is 157 cm³/mol. The summed E-state index contributed by atoms with van der Waals surface area (Å²) in [6, 6.07) is 15.7. The zero-order chi connectivity index (χ0) is 28.4. The zero-order valence-electron chi connectivity index (χ0n) is 23.1. The van der Waals surface area contributed by atoms with Gasteiger partial charge in [0.15, 0.2) is 0 Å². The summed E-state index contributed by atoms with van der Waals surface area (Å²) in [6.45, 7) is 7.93. The van der Waals surface area contributed by atoms with Crippen LogP contribution in [0.5, 0.6) is 5.75 Å². The second-order valence-corrected chi connectivity index (χ2v) is 20.9. The fourth-order valence-corrected chi connectivity index (χ4v) is 8.31. The molecule has 39 heavy (non-hydrogen) atoms. The van der Waals surface area contributed by atoms with Gasteiger partial charge in [0, 0.05) is 27.7 Å². The van der Waals surface area contributed by atoms with Crippen LogP contribution in [0.15, 0.2) is 60.6 Å². The Morgan fingerprint density at radius 3 is 2.46 bits per heavy atom. The van der Waals surface area contributed by atoms with Gasteiger partial charge in [0.1, 0.15) is 18.0 Å². The number of hydrogen-bond donors (Lipinski definition) is 1. The molecular formula is C27H39N3O6S2Si. The highest BCUT2D eigenvalue weighted by Gasteiger charge is 2.39. The average molecular weight is 594 g/mol. The van der Waals surface area contributed by atoms with Crippen LogP contribution >= 0.6 is 0 Å². The number of nitrogens with zero attached hydrogens (tertiary/aromatic N) is 3. The van der Waals surface area contributed by atoms with Crippen LogP contribution in [-0.2, 0) is 33.3 Å². The second kappa shape index (κ2) is 11.5. The van der Waals surface area contributed by atoms with E-state index in [1.165, 1.54) is 16.8 Å². The van der Waals surface area contributed by atoms with Crippen molar-refractivity contribution in [2.24, 2.45) is 5.92 Å². The maximum absolute atomic E-state index is 13.5. The highest BCUT2D eigenvalue weighted by Crippen LogP contribution is 2.38. The Morgan fingerprint density at radius 2 is 1.79 bits per heavy atom. The van der Waals surface area contributed by atoms with Crippen molar-refractivity contribution in [3.05, 3.63) is 71.7 Å². The van der Waals surface area contributed by atoms with E-state index in [9.17, 15) is 21.9 Å². The Morgan fingerprint density at radius 1 is 1.08 bits per heavy atom. The molecule has 1 fully saturated rings. The monoisotopic (exact) mass is 593 g/mol. The number of anilines is 1. The van der Waals surface area contributed by atoms with Crippen molar-refractivity contribution in [1.82, 2.24) is 8.61 Å². The third-order valence-electron chi connectivity index (χ3n) is 7.05. The van der Waals surface area contributed by atoms with Crippen LogP contribution in [0.3, 0.4) is 0 Å². The standard InChI is InChI=1S/C27H39N3O6S2Si/c1-37(32,33)28-14-8-11-24(19-28)17-23-12-13-25(26(18-23)36-21-22-9-6-5-7-10-22)30-20-27(31)29(38(30,34)35)15-16-39(2,3)4/h5-7,9-10,12-13,18,20,24,31H,8,11,14-17,19,21H2,1-4H3. The van der Waals surface area contributed by atoms with Gasteiger partial charge in [-0.05, 0) is 54.5 Å². The molecule has 1 atom stereocenters. The lowest BCUT2D eigenvalue weighted by molar-refractivity contribution is 0.266. The fourth-order valence-electron chi connectivity index (χ4n) is 4.87. The summed E-state index contributed by atoms with van der Waals surface area (Å²) in [5.74, 6) is 0.221. The zero-order valence-corrected chi connectivity index (χ0v) is 25.7. The molecule has 12 heteroatoms. The van der Waals surface area contributed by atoms with E-state index in [1.807, 2.05) is 42.5 Å². The molecule has 2 aliphatic heterocycles. The molecule has 0 amide bonds. The molecule has 0 spiro atoms. The molecule has 2 aromatic carbocycles. The Kier molecular flexibility index (Phi) is 8.69. The molecule has 9 nitrogen and oxygen atoms in total. The van der Waals surface area contributed by atoms with Crippen LogP contribution in [-0.4, -0.2) is 64.5 Å². The van der Waals surface area contributed by atoms with Crippen LogP contribution in [0.1, 0.15) is 24.0 Å². The molecule has 0 bridgehead atoms. The number of piperidine rings is 1. The first kappa shape index (κ1) is 29.4. The van der Waals surface area contributed by atoms with Gasteiger partial charge in [0.25, 0.3) is 0 Å². The molecule has 1 saturated heterocycles. The molecule has 1 N–H and O–H groups in total. The van der Waals surface area contributed by atoms with Crippen molar-refractivity contribution in [1.29, 1.82) is 0 Å². The maximum atomic E-state index is 13.5. The predicted octanol–water partition coefficient (Wildman–Crippen LogP) is 4.54. The lowest BCUT2D eigenvalue weighted by Crippen LogP contribution is -2.39. The van der Waals surface area contributed by atoms with Gasteiger partial charge in [-0.25, -0.2) is 21.3 Å². The minimum absolute atomic E-state index is 0.151. The summed E-state index contributed by atoms with van der Waals surface area (Å²) in [5.41, 5.74) is 2.19. The van der Waals surface area contributed by atoms with Crippen LogP contribution < -0.4 is 9.04 Å². The van der Waals surface area contributed by atoms with E-state index in [2.05, 4.69) is 19.6 Å². The number of aliphatic hydroxyl groups excluding tert-OH is 1. The lowest BCUT2D eigenvalue weighted by Gasteiger charge is -2.31. The van der Waals surface area contributed by atoms with Crippen molar-refractivity contribution in [2.75, 3.05) is 30.2 Å². The topological polar surface area (TPSA) is 107 Å². The SMILES string of the molecule is C[Si](C)(C)CCN1C(O)=CN(c2ccc(CC3CCCN(S(C)(=O)=O)C3)cc2OCc2ccccc2)S1(=O)=O. The van der Waals surface area contributed by atoms with Crippen LogP contribution in [0.4, 0.5) is 5.69 Å². The largest absolute Gasteiger partial charge is 0.493 e. The van der Waals surface area contributed by atoms with Crippen molar-refractivity contribution in [3.63, 3.8) is 0 Å². The first-order chi connectivity index (χ1) is 18.2. The van der Waals surface area contributed by atoms with E-state index < -0.39 is 28.3 Å². The highest BCUT2D eigenvalue weighted by molar-refractivity contribution is 7.91. The molecule has 1 unspecified atom stereocenters. The minimum atomic E-state index is -4.03. The molecule has 2 aliphatic rings. The first-order valence-electron chi connectivity index (χ1n) is 13.2. The smallest absolute Gasteiger partial charge is 0.332 e.